The van der Waals surface area contributed by atoms with E-state index in [1.165, 1.54) is 4.90 Å². The third-order valence-electron chi connectivity index (χ3n) is 3.42. The van der Waals surface area contributed by atoms with E-state index in [0.29, 0.717) is 13.0 Å². The van der Waals surface area contributed by atoms with Crippen LogP contribution in [0.15, 0.2) is 30.3 Å². The van der Waals surface area contributed by atoms with E-state index in [1.54, 1.807) is 0 Å². The smallest absolute Gasteiger partial charge is 0.240 e. The molecule has 4 heteroatoms. The minimum absolute atomic E-state index is 0.0206. The lowest BCUT2D eigenvalue weighted by molar-refractivity contribution is -0.165. The zero-order valence-corrected chi connectivity index (χ0v) is 11.3. The van der Waals surface area contributed by atoms with Gasteiger partial charge in [-0.2, -0.15) is 0 Å². The van der Waals surface area contributed by atoms with Crippen LogP contribution in [0.3, 0.4) is 0 Å². The van der Waals surface area contributed by atoms with Gasteiger partial charge < -0.3 is 9.84 Å². The molecule has 1 fully saturated rings. The predicted molar refractivity (Wildman–Crippen MR) is 72.3 cm³/mol. The minimum atomic E-state index is -1.09. The number of nitrogens with zero attached hydrogens (tertiary/aromatic N) is 1. The average molecular weight is 263 g/mol. The Hall–Kier alpha value is -1.39. The molecule has 0 aromatic heterocycles. The van der Waals surface area contributed by atoms with Gasteiger partial charge in [-0.3, -0.25) is 9.69 Å². The zero-order chi connectivity index (χ0) is 13.7. The lowest BCUT2D eigenvalue weighted by Gasteiger charge is -2.25. The van der Waals surface area contributed by atoms with E-state index < -0.39 is 6.41 Å². The van der Waals surface area contributed by atoms with Gasteiger partial charge in [-0.15, -0.1) is 0 Å². The Morgan fingerprint density at radius 1 is 1.42 bits per heavy atom. The summed E-state index contributed by atoms with van der Waals surface area (Å²) in [4.78, 5) is 13.6. The van der Waals surface area contributed by atoms with Crippen LogP contribution in [0.2, 0.25) is 0 Å². The highest BCUT2D eigenvalue weighted by Crippen LogP contribution is 2.21. The number of carbonyl (C=O) groups is 1. The van der Waals surface area contributed by atoms with Crippen LogP contribution in [0, 0.1) is 0 Å². The topological polar surface area (TPSA) is 49.8 Å². The van der Waals surface area contributed by atoms with Crippen molar-refractivity contribution < 1.29 is 14.6 Å². The van der Waals surface area contributed by atoms with Crippen LogP contribution >= 0.6 is 0 Å². The van der Waals surface area contributed by atoms with Crippen molar-refractivity contribution in [3.63, 3.8) is 0 Å². The molecule has 0 saturated carbocycles. The van der Waals surface area contributed by atoms with E-state index in [-0.39, 0.29) is 11.9 Å². The predicted octanol–water partition coefficient (Wildman–Crippen LogP) is 1.92. The molecule has 1 N–H and O–H groups in total. The monoisotopic (exact) mass is 263 g/mol. The van der Waals surface area contributed by atoms with E-state index >= 15 is 0 Å². The molecule has 1 aromatic rings. The van der Waals surface area contributed by atoms with Gasteiger partial charge in [0, 0.05) is 6.42 Å². The molecule has 4 nitrogen and oxygen atoms in total. The van der Waals surface area contributed by atoms with Crippen molar-refractivity contribution in [3.05, 3.63) is 35.9 Å². The highest BCUT2D eigenvalue weighted by molar-refractivity contribution is 5.76. The van der Waals surface area contributed by atoms with E-state index in [9.17, 15) is 9.90 Å². The fourth-order valence-corrected chi connectivity index (χ4v) is 2.37. The number of hydrogen-bond acceptors (Lipinski definition) is 3. The van der Waals surface area contributed by atoms with Gasteiger partial charge in [-0.05, 0) is 18.4 Å². The Morgan fingerprint density at radius 3 is 2.84 bits per heavy atom. The molecule has 1 aliphatic rings. The first-order valence-corrected chi connectivity index (χ1v) is 6.87. The van der Waals surface area contributed by atoms with Crippen LogP contribution in [0.4, 0.5) is 0 Å². The maximum absolute atomic E-state index is 12.1. The van der Waals surface area contributed by atoms with Gasteiger partial charge >= 0.3 is 0 Å². The second-order valence-electron chi connectivity index (χ2n) is 4.91. The second-order valence-corrected chi connectivity index (χ2v) is 4.91. The number of unbranched alkanes of at least 4 members (excludes halogenated alkanes) is 1. The molecule has 1 amide bonds. The van der Waals surface area contributed by atoms with Crippen LogP contribution in [0.1, 0.15) is 31.7 Å². The molecule has 2 atom stereocenters. The molecule has 0 bridgehead atoms. The fourth-order valence-electron chi connectivity index (χ4n) is 2.37. The van der Waals surface area contributed by atoms with Crippen molar-refractivity contribution in [1.82, 2.24) is 4.90 Å². The van der Waals surface area contributed by atoms with Crippen molar-refractivity contribution in [2.45, 2.75) is 45.1 Å². The third kappa shape index (κ3) is 3.55. The van der Waals surface area contributed by atoms with Gasteiger partial charge in [0.1, 0.15) is 0 Å². The number of aliphatic hydroxyl groups is 1. The number of rotatable bonds is 5. The zero-order valence-electron chi connectivity index (χ0n) is 11.3. The van der Waals surface area contributed by atoms with Crippen molar-refractivity contribution in [3.8, 4) is 0 Å². The summed E-state index contributed by atoms with van der Waals surface area (Å²) in [7, 11) is 0. The highest BCUT2D eigenvalue weighted by Gasteiger charge is 2.36. The van der Waals surface area contributed by atoms with Crippen molar-refractivity contribution in [2.24, 2.45) is 0 Å². The van der Waals surface area contributed by atoms with Crippen LogP contribution in [-0.2, 0) is 16.0 Å². The average Bonchev–Trinajstić information content (AvgIpc) is 2.78. The van der Waals surface area contributed by atoms with Crippen LogP contribution in [0.25, 0.3) is 0 Å². The molecule has 0 radical (unpaired) electrons. The summed E-state index contributed by atoms with van der Waals surface area (Å²) in [6.45, 7) is 2.44. The first-order chi connectivity index (χ1) is 9.22. The Balaban J connectivity index is 2.01. The molecular formula is C15H21NO3. The number of aliphatic hydroxyl groups excluding tert-OH is 1. The molecule has 1 unspecified atom stereocenters. The molecule has 1 heterocycles. The Bertz CT molecular complexity index is 407. The molecule has 1 aromatic carbocycles. The van der Waals surface area contributed by atoms with Gasteiger partial charge in [0.15, 0.2) is 0 Å². The molecule has 19 heavy (non-hydrogen) atoms. The Labute approximate surface area is 114 Å². The molecular weight excluding hydrogens is 242 g/mol. The first kappa shape index (κ1) is 14.0. The maximum Gasteiger partial charge on any atom is 0.240 e. The van der Waals surface area contributed by atoms with Gasteiger partial charge in [0.2, 0.25) is 12.3 Å². The van der Waals surface area contributed by atoms with Crippen LogP contribution in [0.5, 0.6) is 0 Å². The van der Waals surface area contributed by atoms with Crippen LogP contribution in [-0.4, -0.2) is 35.0 Å². The van der Waals surface area contributed by atoms with E-state index in [4.69, 9.17) is 4.74 Å². The largest absolute Gasteiger partial charge is 0.351 e. The molecule has 1 saturated heterocycles. The molecule has 1 aliphatic heterocycles. The number of amides is 1. The summed E-state index contributed by atoms with van der Waals surface area (Å²) in [6, 6.07) is 9.91. The Kier molecular flexibility index (Phi) is 4.93. The number of benzene rings is 1. The quantitative estimate of drug-likeness (QED) is 0.883. The maximum atomic E-state index is 12.1. The lowest BCUT2D eigenvalue weighted by Crippen LogP contribution is -2.42. The molecule has 2 rings (SSSR count). The lowest BCUT2D eigenvalue weighted by atomic mass is 10.1. The molecule has 0 spiro atoms. The number of carbonyl (C=O) groups excluding carboxylic acids is 1. The normalized spacial score (nSPS) is 22.7. The fraction of sp³-hybridized carbons (Fsp3) is 0.533. The summed E-state index contributed by atoms with van der Waals surface area (Å²) in [5.74, 6) is -0.0206. The minimum Gasteiger partial charge on any atom is -0.351 e. The van der Waals surface area contributed by atoms with Crippen molar-refractivity contribution in [1.29, 1.82) is 0 Å². The summed E-state index contributed by atoms with van der Waals surface area (Å²) < 4.78 is 5.21. The van der Waals surface area contributed by atoms with Crippen LogP contribution < -0.4 is 0 Å². The number of hydrogen-bond donors (Lipinski definition) is 1. The van der Waals surface area contributed by atoms with E-state index in [2.05, 4.69) is 0 Å². The third-order valence-corrected chi connectivity index (χ3v) is 3.42. The standard InChI is InChI=1S/C15H21NO3/c1-2-3-9-14(17)16-13(11-19-15(16)18)10-12-7-5-4-6-8-12/h4-8,13,15,18H,2-3,9-11H2,1H3/t13-,15?/m1/s1. The highest BCUT2D eigenvalue weighted by atomic mass is 16.6. The van der Waals surface area contributed by atoms with E-state index in [1.807, 2.05) is 37.3 Å². The summed E-state index contributed by atoms with van der Waals surface area (Å²) in [5, 5.41) is 9.79. The first-order valence-electron chi connectivity index (χ1n) is 6.87. The number of ether oxygens (including phenoxy) is 1. The second kappa shape index (κ2) is 6.68. The SMILES string of the molecule is CCCCC(=O)N1C(O)OC[C@H]1Cc1ccccc1. The van der Waals surface area contributed by atoms with Gasteiger partial charge in [-0.1, -0.05) is 43.7 Å². The van der Waals surface area contributed by atoms with Gasteiger partial charge in [0.25, 0.3) is 0 Å². The molecule has 104 valence electrons. The van der Waals surface area contributed by atoms with Crippen molar-refractivity contribution in [2.75, 3.05) is 6.61 Å². The van der Waals surface area contributed by atoms with Gasteiger partial charge in [0.05, 0.1) is 12.6 Å². The van der Waals surface area contributed by atoms with E-state index in [0.717, 1.165) is 24.8 Å². The van der Waals surface area contributed by atoms with Gasteiger partial charge in [-0.25, -0.2) is 0 Å². The summed E-state index contributed by atoms with van der Waals surface area (Å²) >= 11 is 0. The summed E-state index contributed by atoms with van der Waals surface area (Å²) in [6.07, 6.45) is 1.93. The summed E-state index contributed by atoms with van der Waals surface area (Å²) in [5.41, 5.74) is 1.15. The molecule has 0 aliphatic carbocycles. The Morgan fingerprint density at radius 2 is 2.16 bits per heavy atom. The van der Waals surface area contributed by atoms with Crippen molar-refractivity contribution >= 4 is 5.91 Å².